The monoisotopic (exact) mass is 228 g/mol. The van der Waals surface area contributed by atoms with Crippen molar-refractivity contribution in [3.05, 3.63) is 0 Å². The SMILES string of the molecule is NC(=O)C1COCCN1C(C(=O)O)C1CC1. The van der Waals surface area contributed by atoms with Crippen molar-refractivity contribution in [1.82, 2.24) is 4.90 Å². The van der Waals surface area contributed by atoms with E-state index in [9.17, 15) is 14.7 Å². The van der Waals surface area contributed by atoms with Gasteiger partial charge in [0.15, 0.2) is 0 Å². The van der Waals surface area contributed by atoms with E-state index in [4.69, 9.17) is 10.5 Å². The molecule has 1 heterocycles. The fourth-order valence-electron chi connectivity index (χ4n) is 2.22. The van der Waals surface area contributed by atoms with Crippen LogP contribution in [0, 0.1) is 5.92 Å². The lowest BCUT2D eigenvalue weighted by atomic mass is 10.1. The van der Waals surface area contributed by atoms with E-state index in [1.807, 2.05) is 0 Å². The summed E-state index contributed by atoms with van der Waals surface area (Å²) in [4.78, 5) is 24.1. The minimum Gasteiger partial charge on any atom is -0.480 e. The molecule has 2 atom stereocenters. The van der Waals surface area contributed by atoms with Gasteiger partial charge in [0.2, 0.25) is 5.91 Å². The number of morpholine rings is 1. The lowest BCUT2D eigenvalue weighted by Gasteiger charge is -2.37. The normalized spacial score (nSPS) is 28.6. The first-order valence-corrected chi connectivity index (χ1v) is 5.47. The van der Waals surface area contributed by atoms with Gasteiger partial charge in [-0.25, -0.2) is 0 Å². The Balaban J connectivity index is 2.13. The molecule has 0 aromatic heterocycles. The number of primary amides is 1. The molecule has 1 amide bonds. The van der Waals surface area contributed by atoms with E-state index in [1.54, 1.807) is 4.90 Å². The van der Waals surface area contributed by atoms with Gasteiger partial charge in [-0.05, 0) is 18.8 Å². The number of nitrogens with two attached hydrogens (primary N) is 1. The number of carbonyl (C=O) groups is 2. The molecule has 2 rings (SSSR count). The number of nitrogens with zero attached hydrogens (tertiary/aromatic N) is 1. The van der Waals surface area contributed by atoms with E-state index in [0.29, 0.717) is 13.2 Å². The van der Waals surface area contributed by atoms with E-state index >= 15 is 0 Å². The predicted molar refractivity (Wildman–Crippen MR) is 54.7 cm³/mol. The Bertz CT molecular complexity index is 303. The number of carbonyl (C=O) groups excluding carboxylic acids is 1. The first-order chi connectivity index (χ1) is 7.61. The number of carboxylic acids is 1. The largest absolute Gasteiger partial charge is 0.480 e. The fraction of sp³-hybridized carbons (Fsp3) is 0.800. The molecule has 6 nitrogen and oxygen atoms in total. The summed E-state index contributed by atoms with van der Waals surface area (Å²) >= 11 is 0. The zero-order valence-corrected chi connectivity index (χ0v) is 8.96. The summed E-state index contributed by atoms with van der Waals surface area (Å²) in [5.74, 6) is -1.21. The van der Waals surface area contributed by atoms with E-state index in [1.165, 1.54) is 0 Å². The number of carboxylic acid groups (broad SMARTS) is 1. The number of hydrogen-bond donors (Lipinski definition) is 2. The van der Waals surface area contributed by atoms with Crippen LogP contribution in [0.5, 0.6) is 0 Å². The number of hydrogen-bond acceptors (Lipinski definition) is 4. The van der Waals surface area contributed by atoms with Crippen molar-refractivity contribution < 1.29 is 19.4 Å². The second kappa shape index (κ2) is 4.39. The second-order valence-electron chi connectivity index (χ2n) is 4.35. The quantitative estimate of drug-likeness (QED) is 0.646. The fourth-order valence-corrected chi connectivity index (χ4v) is 2.22. The molecule has 2 aliphatic rings. The highest BCUT2D eigenvalue weighted by Crippen LogP contribution is 2.36. The number of ether oxygens (including phenoxy) is 1. The Morgan fingerprint density at radius 2 is 2.12 bits per heavy atom. The molecule has 0 spiro atoms. The first-order valence-electron chi connectivity index (χ1n) is 5.47. The molecule has 0 bridgehead atoms. The predicted octanol–water partition coefficient (Wildman–Crippen LogP) is -0.964. The summed E-state index contributed by atoms with van der Waals surface area (Å²) in [6.45, 7) is 1.12. The highest BCUT2D eigenvalue weighted by atomic mass is 16.5. The average Bonchev–Trinajstić information content (AvgIpc) is 3.02. The van der Waals surface area contributed by atoms with Crippen LogP contribution in [0.2, 0.25) is 0 Å². The maximum atomic E-state index is 11.2. The number of amides is 1. The molecule has 1 saturated heterocycles. The highest BCUT2D eigenvalue weighted by Gasteiger charge is 2.44. The summed E-state index contributed by atoms with van der Waals surface area (Å²) in [5, 5.41) is 9.20. The molecule has 2 unspecified atom stereocenters. The summed E-state index contributed by atoms with van der Waals surface area (Å²) in [7, 11) is 0. The van der Waals surface area contributed by atoms with Crippen molar-refractivity contribution in [2.75, 3.05) is 19.8 Å². The van der Waals surface area contributed by atoms with Gasteiger partial charge >= 0.3 is 5.97 Å². The van der Waals surface area contributed by atoms with E-state index in [0.717, 1.165) is 12.8 Å². The summed E-state index contributed by atoms with van der Waals surface area (Å²) in [6.07, 6.45) is 1.83. The molecule has 16 heavy (non-hydrogen) atoms. The zero-order chi connectivity index (χ0) is 11.7. The lowest BCUT2D eigenvalue weighted by Crippen LogP contribution is -2.58. The molecule has 0 radical (unpaired) electrons. The molecule has 6 heteroatoms. The Kier molecular flexibility index (Phi) is 3.11. The maximum absolute atomic E-state index is 11.2. The minimum absolute atomic E-state index is 0.164. The van der Waals surface area contributed by atoms with Crippen LogP contribution in [0.4, 0.5) is 0 Å². The third kappa shape index (κ3) is 2.17. The van der Waals surface area contributed by atoms with Gasteiger partial charge in [-0.3, -0.25) is 14.5 Å². The third-order valence-corrected chi connectivity index (χ3v) is 3.18. The van der Waals surface area contributed by atoms with Gasteiger partial charge in [0.25, 0.3) is 0 Å². The van der Waals surface area contributed by atoms with Gasteiger partial charge in [-0.15, -0.1) is 0 Å². The topological polar surface area (TPSA) is 92.9 Å². The summed E-state index contributed by atoms with van der Waals surface area (Å²) in [6, 6.07) is -1.18. The van der Waals surface area contributed by atoms with Gasteiger partial charge in [0, 0.05) is 6.54 Å². The Morgan fingerprint density at radius 3 is 2.62 bits per heavy atom. The van der Waals surface area contributed by atoms with Crippen molar-refractivity contribution in [1.29, 1.82) is 0 Å². The Labute approximate surface area is 93.3 Å². The Hall–Kier alpha value is -1.14. The van der Waals surface area contributed by atoms with Crippen molar-refractivity contribution in [3.63, 3.8) is 0 Å². The van der Waals surface area contributed by atoms with Gasteiger partial charge in [0.05, 0.1) is 13.2 Å². The maximum Gasteiger partial charge on any atom is 0.321 e. The standard InChI is InChI=1S/C10H16N2O4/c11-9(13)7-5-16-4-3-12(7)8(10(14)15)6-1-2-6/h6-8H,1-5H2,(H2,11,13)(H,14,15). The molecule has 1 aliphatic carbocycles. The van der Waals surface area contributed by atoms with Crippen LogP contribution >= 0.6 is 0 Å². The summed E-state index contributed by atoms with van der Waals surface area (Å²) in [5.41, 5.74) is 5.26. The molecule has 3 N–H and O–H groups in total. The van der Waals surface area contributed by atoms with Crippen LogP contribution in [0.3, 0.4) is 0 Å². The van der Waals surface area contributed by atoms with Crippen LogP contribution < -0.4 is 5.73 Å². The number of rotatable bonds is 4. The van der Waals surface area contributed by atoms with Crippen LogP contribution in [-0.2, 0) is 14.3 Å². The van der Waals surface area contributed by atoms with Crippen LogP contribution in [0.1, 0.15) is 12.8 Å². The highest BCUT2D eigenvalue weighted by molar-refractivity contribution is 5.82. The summed E-state index contributed by atoms with van der Waals surface area (Å²) < 4.78 is 5.17. The Morgan fingerprint density at radius 1 is 1.44 bits per heavy atom. The smallest absolute Gasteiger partial charge is 0.321 e. The molecular weight excluding hydrogens is 212 g/mol. The van der Waals surface area contributed by atoms with Gasteiger partial charge < -0.3 is 15.6 Å². The molecule has 0 aromatic rings. The zero-order valence-electron chi connectivity index (χ0n) is 8.96. The van der Waals surface area contributed by atoms with Gasteiger partial charge in [0.1, 0.15) is 12.1 Å². The molecule has 0 aromatic carbocycles. The van der Waals surface area contributed by atoms with Crippen molar-refractivity contribution in [2.24, 2.45) is 11.7 Å². The molecular formula is C10H16N2O4. The van der Waals surface area contributed by atoms with Crippen molar-refractivity contribution in [3.8, 4) is 0 Å². The molecule has 1 saturated carbocycles. The van der Waals surface area contributed by atoms with Crippen LogP contribution in [-0.4, -0.2) is 53.7 Å². The average molecular weight is 228 g/mol. The second-order valence-corrected chi connectivity index (χ2v) is 4.35. The van der Waals surface area contributed by atoms with Crippen molar-refractivity contribution in [2.45, 2.75) is 24.9 Å². The van der Waals surface area contributed by atoms with Crippen LogP contribution in [0.15, 0.2) is 0 Å². The van der Waals surface area contributed by atoms with Crippen LogP contribution in [0.25, 0.3) is 0 Å². The van der Waals surface area contributed by atoms with Gasteiger partial charge in [-0.2, -0.15) is 0 Å². The lowest BCUT2D eigenvalue weighted by molar-refractivity contribution is -0.151. The van der Waals surface area contributed by atoms with E-state index in [-0.39, 0.29) is 12.5 Å². The van der Waals surface area contributed by atoms with Gasteiger partial charge in [-0.1, -0.05) is 0 Å². The molecule has 90 valence electrons. The minimum atomic E-state index is -0.865. The molecule has 1 aliphatic heterocycles. The van der Waals surface area contributed by atoms with E-state index < -0.39 is 24.0 Å². The first kappa shape index (κ1) is 11.3. The number of aliphatic carboxylic acids is 1. The third-order valence-electron chi connectivity index (χ3n) is 3.18. The van der Waals surface area contributed by atoms with Crippen molar-refractivity contribution >= 4 is 11.9 Å². The van der Waals surface area contributed by atoms with E-state index in [2.05, 4.69) is 0 Å². The molecule has 2 fully saturated rings.